The van der Waals surface area contributed by atoms with Crippen LogP contribution in [0.25, 0.3) is 11.4 Å². The molecule has 0 unspecified atom stereocenters. The fourth-order valence-electron chi connectivity index (χ4n) is 2.46. The zero-order valence-corrected chi connectivity index (χ0v) is 14.5. The summed E-state index contributed by atoms with van der Waals surface area (Å²) in [5, 5.41) is 11.9. The fraction of sp³-hybridized carbons (Fsp3) is 0.188. The Morgan fingerprint density at radius 1 is 1.20 bits per heavy atom. The van der Waals surface area contributed by atoms with Crippen molar-refractivity contribution in [2.24, 2.45) is 7.05 Å². The van der Waals surface area contributed by atoms with E-state index in [4.69, 9.17) is 0 Å². The standard InChI is InChI=1S/C16H16FN5O2S/c1-18-25(23,24)14-7-6-12(8-11-4-3-5-13(17)9-11)15(10-14)16-19-21-22(2)20-16/h3-7,9-10,18H,8H2,1-2H3. The Kier molecular flexibility index (Phi) is 4.60. The van der Waals surface area contributed by atoms with Crippen molar-refractivity contribution in [2.75, 3.05) is 7.05 Å². The third-order valence-electron chi connectivity index (χ3n) is 3.69. The highest BCUT2D eigenvalue weighted by molar-refractivity contribution is 7.89. The lowest BCUT2D eigenvalue weighted by Crippen LogP contribution is -2.18. The largest absolute Gasteiger partial charge is 0.240 e. The second-order valence-corrected chi connectivity index (χ2v) is 7.32. The smallest absolute Gasteiger partial charge is 0.214 e. The molecule has 0 aliphatic rings. The lowest BCUT2D eigenvalue weighted by Gasteiger charge is -2.10. The molecule has 0 spiro atoms. The van der Waals surface area contributed by atoms with Crippen LogP contribution in [0.2, 0.25) is 0 Å². The van der Waals surface area contributed by atoms with Crippen molar-refractivity contribution in [3.8, 4) is 11.4 Å². The molecule has 7 nitrogen and oxygen atoms in total. The first-order valence-electron chi connectivity index (χ1n) is 7.44. The number of benzene rings is 2. The molecule has 1 N–H and O–H groups in total. The van der Waals surface area contributed by atoms with Gasteiger partial charge in [0, 0.05) is 5.56 Å². The van der Waals surface area contributed by atoms with Crippen molar-refractivity contribution in [3.63, 3.8) is 0 Å². The molecule has 0 fully saturated rings. The zero-order chi connectivity index (χ0) is 18.0. The van der Waals surface area contributed by atoms with Crippen molar-refractivity contribution in [2.45, 2.75) is 11.3 Å². The molecule has 1 heterocycles. The average Bonchev–Trinajstić information content (AvgIpc) is 3.01. The maximum absolute atomic E-state index is 13.4. The lowest BCUT2D eigenvalue weighted by molar-refractivity contribution is 0.588. The van der Waals surface area contributed by atoms with Crippen LogP contribution < -0.4 is 4.72 Å². The minimum absolute atomic E-state index is 0.0976. The monoisotopic (exact) mass is 361 g/mol. The SMILES string of the molecule is CNS(=O)(=O)c1ccc(Cc2cccc(F)c2)c(-c2nnn(C)n2)c1. The third-order valence-corrected chi connectivity index (χ3v) is 5.11. The van der Waals surface area contributed by atoms with Gasteiger partial charge in [0.2, 0.25) is 15.8 Å². The summed E-state index contributed by atoms with van der Waals surface area (Å²) in [7, 11) is -0.646. The number of nitrogens with zero attached hydrogens (tertiary/aromatic N) is 4. The van der Waals surface area contributed by atoms with Crippen LogP contribution >= 0.6 is 0 Å². The summed E-state index contributed by atoms with van der Waals surface area (Å²) in [5.74, 6) is -0.0203. The minimum Gasteiger partial charge on any atom is -0.214 e. The number of tetrazole rings is 1. The van der Waals surface area contributed by atoms with E-state index >= 15 is 0 Å². The second-order valence-electron chi connectivity index (χ2n) is 5.44. The van der Waals surface area contributed by atoms with Gasteiger partial charge in [0.25, 0.3) is 0 Å². The zero-order valence-electron chi connectivity index (χ0n) is 13.6. The van der Waals surface area contributed by atoms with Crippen LogP contribution in [0.1, 0.15) is 11.1 Å². The van der Waals surface area contributed by atoms with Gasteiger partial charge in [-0.05, 0) is 54.1 Å². The van der Waals surface area contributed by atoms with E-state index in [9.17, 15) is 12.8 Å². The predicted molar refractivity (Wildman–Crippen MR) is 89.7 cm³/mol. The van der Waals surface area contributed by atoms with E-state index < -0.39 is 10.0 Å². The molecule has 25 heavy (non-hydrogen) atoms. The summed E-state index contributed by atoms with van der Waals surface area (Å²) in [6.45, 7) is 0. The molecule has 3 rings (SSSR count). The molecule has 0 aliphatic carbocycles. The molecule has 0 amide bonds. The van der Waals surface area contributed by atoms with Gasteiger partial charge in [-0.2, -0.15) is 4.80 Å². The minimum atomic E-state index is -3.61. The van der Waals surface area contributed by atoms with E-state index in [1.807, 2.05) is 0 Å². The van der Waals surface area contributed by atoms with Crippen molar-refractivity contribution >= 4 is 10.0 Å². The number of rotatable bonds is 5. The molecule has 2 aromatic carbocycles. The van der Waals surface area contributed by atoms with Crippen LogP contribution in [-0.2, 0) is 23.5 Å². The Morgan fingerprint density at radius 3 is 2.64 bits per heavy atom. The van der Waals surface area contributed by atoms with Crippen molar-refractivity contribution < 1.29 is 12.8 Å². The summed E-state index contributed by atoms with van der Waals surface area (Å²) in [4.78, 5) is 1.39. The van der Waals surface area contributed by atoms with Gasteiger partial charge in [-0.15, -0.1) is 10.2 Å². The molecule has 9 heteroatoms. The topological polar surface area (TPSA) is 89.8 Å². The summed E-state index contributed by atoms with van der Waals surface area (Å²) in [5.41, 5.74) is 2.07. The van der Waals surface area contributed by atoms with Gasteiger partial charge in [0.15, 0.2) is 0 Å². The molecular weight excluding hydrogens is 345 g/mol. The van der Waals surface area contributed by atoms with Gasteiger partial charge in [-0.3, -0.25) is 0 Å². The maximum Gasteiger partial charge on any atom is 0.240 e. The van der Waals surface area contributed by atoms with Crippen LogP contribution in [0.3, 0.4) is 0 Å². The molecule has 130 valence electrons. The highest BCUT2D eigenvalue weighted by atomic mass is 32.2. The molecule has 0 saturated heterocycles. The Morgan fingerprint density at radius 2 is 2.00 bits per heavy atom. The molecular formula is C16H16FN5O2S. The quantitative estimate of drug-likeness (QED) is 0.744. The Bertz CT molecular complexity index is 1020. The first-order chi connectivity index (χ1) is 11.9. The van der Waals surface area contributed by atoms with E-state index in [-0.39, 0.29) is 10.7 Å². The number of aromatic nitrogens is 4. The number of hydrogen-bond donors (Lipinski definition) is 1. The summed E-state index contributed by atoms with van der Waals surface area (Å²) < 4.78 is 39.9. The first kappa shape index (κ1) is 17.2. The Hall–Kier alpha value is -2.65. The highest BCUT2D eigenvalue weighted by Gasteiger charge is 2.17. The van der Waals surface area contributed by atoms with Gasteiger partial charge in [0.1, 0.15) is 5.82 Å². The summed E-state index contributed by atoms with van der Waals surface area (Å²) in [6.07, 6.45) is 0.408. The Balaban J connectivity index is 2.11. The van der Waals surface area contributed by atoms with Crippen LogP contribution in [0, 0.1) is 5.82 Å². The number of sulfonamides is 1. The van der Waals surface area contributed by atoms with E-state index in [1.165, 1.54) is 36.1 Å². The molecule has 0 aliphatic heterocycles. The van der Waals surface area contributed by atoms with E-state index in [1.54, 1.807) is 25.2 Å². The second kappa shape index (κ2) is 6.69. The van der Waals surface area contributed by atoms with Crippen molar-refractivity contribution in [3.05, 3.63) is 59.4 Å². The molecule has 0 bridgehead atoms. The normalized spacial score (nSPS) is 11.6. The average molecular weight is 361 g/mol. The molecule has 0 saturated carbocycles. The predicted octanol–water partition coefficient (Wildman–Crippen LogP) is 1.52. The number of hydrogen-bond acceptors (Lipinski definition) is 5. The van der Waals surface area contributed by atoms with E-state index in [0.717, 1.165) is 11.1 Å². The van der Waals surface area contributed by atoms with Gasteiger partial charge in [-0.25, -0.2) is 17.5 Å². The lowest BCUT2D eigenvalue weighted by atomic mass is 9.99. The van der Waals surface area contributed by atoms with Gasteiger partial charge >= 0.3 is 0 Å². The first-order valence-corrected chi connectivity index (χ1v) is 8.92. The van der Waals surface area contributed by atoms with Gasteiger partial charge in [-0.1, -0.05) is 18.2 Å². The molecule has 0 atom stereocenters. The summed E-state index contributed by atoms with van der Waals surface area (Å²) in [6, 6.07) is 10.9. The highest BCUT2D eigenvalue weighted by Crippen LogP contribution is 2.26. The summed E-state index contributed by atoms with van der Waals surface area (Å²) >= 11 is 0. The van der Waals surface area contributed by atoms with Gasteiger partial charge in [0.05, 0.1) is 11.9 Å². The maximum atomic E-state index is 13.4. The van der Waals surface area contributed by atoms with Crippen LogP contribution in [0.15, 0.2) is 47.4 Å². The molecule has 3 aromatic rings. The number of aryl methyl sites for hydroxylation is 1. The molecule has 0 radical (unpaired) electrons. The molecule has 1 aromatic heterocycles. The van der Waals surface area contributed by atoms with Crippen molar-refractivity contribution in [1.82, 2.24) is 24.9 Å². The number of halogens is 1. The van der Waals surface area contributed by atoms with E-state index in [2.05, 4.69) is 20.1 Å². The van der Waals surface area contributed by atoms with Crippen LogP contribution in [-0.4, -0.2) is 35.7 Å². The number of nitrogens with one attached hydrogen (secondary N) is 1. The van der Waals surface area contributed by atoms with E-state index in [0.29, 0.717) is 17.8 Å². The van der Waals surface area contributed by atoms with Crippen LogP contribution in [0.5, 0.6) is 0 Å². The third kappa shape index (κ3) is 3.72. The Labute approximate surface area is 144 Å². The van der Waals surface area contributed by atoms with Crippen LogP contribution in [0.4, 0.5) is 4.39 Å². The van der Waals surface area contributed by atoms with Gasteiger partial charge < -0.3 is 0 Å². The van der Waals surface area contributed by atoms with Crippen molar-refractivity contribution in [1.29, 1.82) is 0 Å². The fourth-order valence-corrected chi connectivity index (χ4v) is 3.22.